The number of piperidine rings is 1. The lowest BCUT2D eigenvalue weighted by molar-refractivity contribution is -0.137. The number of nitrogens with one attached hydrogen (secondary N) is 1. The number of likely N-dealkylation sites (tertiary alicyclic amines) is 1. The Kier molecular flexibility index (Phi) is 6.18. The van der Waals surface area contributed by atoms with E-state index in [0.717, 1.165) is 38.5 Å². The number of carbonyl (C=O) groups is 2. The van der Waals surface area contributed by atoms with Crippen molar-refractivity contribution in [1.29, 1.82) is 0 Å². The lowest BCUT2D eigenvalue weighted by Crippen LogP contribution is -2.48. The van der Waals surface area contributed by atoms with Crippen molar-refractivity contribution < 1.29 is 9.59 Å². The summed E-state index contributed by atoms with van der Waals surface area (Å²) in [5, 5.41) is 3.48. The quantitative estimate of drug-likeness (QED) is 0.809. The van der Waals surface area contributed by atoms with E-state index in [-0.39, 0.29) is 33.7 Å². The molecule has 1 saturated heterocycles. The van der Waals surface area contributed by atoms with E-state index >= 15 is 0 Å². The summed E-state index contributed by atoms with van der Waals surface area (Å²) in [5.74, 6) is 0.183. The summed E-state index contributed by atoms with van der Waals surface area (Å²) in [7, 11) is 0. The van der Waals surface area contributed by atoms with Gasteiger partial charge in [0.25, 0.3) is 5.91 Å². The van der Waals surface area contributed by atoms with Crippen molar-refractivity contribution in [3.63, 3.8) is 0 Å². The lowest BCUT2D eigenvalue weighted by atomic mass is 9.87. The minimum absolute atomic E-state index is 0.0276. The van der Waals surface area contributed by atoms with Gasteiger partial charge in [0.1, 0.15) is 10.8 Å². The summed E-state index contributed by atoms with van der Waals surface area (Å²) < 4.78 is 0. The minimum atomic E-state index is -0.315. The highest BCUT2D eigenvalue weighted by molar-refractivity contribution is 6.34. The zero-order chi connectivity index (χ0) is 17.8. The van der Waals surface area contributed by atoms with Gasteiger partial charge >= 0.3 is 0 Å². The molecule has 1 aliphatic carbocycles. The molecule has 1 aromatic rings. The number of hydrogen-bond donors (Lipinski definition) is 1. The van der Waals surface area contributed by atoms with Crippen molar-refractivity contribution >= 4 is 35.0 Å². The van der Waals surface area contributed by atoms with Crippen LogP contribution < -0.4 is 5.32 Å². The van der Waals surface area contributed by atoms with Crippen LogP contribution in [-0.2, 0) is 4.79 Å². The second-order valence-electron chi connectivity index (χ2n) is 6.87. The van der Waals surface area contributed by atoms with Crippen LogP contribution in [0.2, 0.25) is 10.2 Å². The molecule has 136 valence electrons. The molecule has 25 heavy (non-hydrogen) atoms. The van der Waals surface area contributed by atoms with Crippen molar-refractivity contribution in [3.05, 3.63) is 28.0 Å². The summed E-state index contributed by atoms with van der Waals surface area (Å²) >= 11 is 11.9. The lowest BCUT2D eigenvalue weighted by Gasteiger charge is -2.35. The molecule has 0 atom stereocenters. The van der Waals surface area contributed by atoms with Crippen molar-refractivity contribution in [2.24, 2.45) is 5.92 Å². The zero-order valence-electron chi connectivity index (χ0n) is 14.1. The minimum Gasteiger partial charge on any atom is -0.348 e. The van der Waals surface area contributed by atoms with Crippen molar-refractivity contribution in [2.45, 2.75) is 51.0 Å². The SMILES string of the molecule is O=C(NC1CCN(C(=O)C2CCCCC2)CC1)c1nc(Cl)ccc1Cl. The van der Waals surface area contributed by atoms with Crippen molar-refractivity contribution in [3.8, 4) is 0 Å². The first-order chi connectivity index (χ1) is 12.0. The number of carbonyl (C=O) groups excluding carboxylic acids is 2. The van der Waals surface area contributed by atoms with Crippen LogP contribution in [0.25, 0.3) is 0 Å². The average molecular weight is 384 g/mol. The van der Waals surface area contributed by atoms with Crippen LogP contribution in [-0.4, -0.2) is 40.8 Å². The van der Waals surface area contributed by atoms with E-state index in [9.17, 15) is 9.59 Å². The van der Waals surface area contributed by atoms with Crippen LogP contribution in [0.1, 0.15) is 55.4 Å². The number of rotatable bonds is 3. The fraction of sp³-hybridized carbons (Fsp3) is 0.611. The summed E-state index contributed by atoms with van der Waals surface area (Å²) in [5.41, 5.74) is 0.148. The summed E-state index contributed by atoms with van der Waals surface area (Å²) in [6.07, 6.45) is 7.12. The van der Waals surface area contributed by atoms with Crippen LogP contribution in [0.5, 0.6) is 0 Å². The Morgan fingerprint density at radius 1 is 1.04 bits per heavy atom. The monoisotopic (exact) mass is 383 g/mol. The third-order valence-electron chi connectivity index (χ3n) is 5.12. The van der Waals surface area contributed by atoms with Crippen LogP contribution >= 0.6 is 23.2 Å². The zero-order valence-corrected chi connectivity index (χ0v) is 15.7. The summed E-state index contributed by atoms with van der Waals surface area (Å²) in [6.45, 7) is 1.38. The average Bonchev–Trinajstić information content (AvgIpc) is 2.64. The van der Waals surface area contributed by atoms with Gasteiger partial charge in [-0.25, -0.2) is 4.98 Å². The van der Waals surface area contributed by atoms with Crippen molar-refractivity contribution in [1.82, 2.24) is 15.2 Å². The number of amides is 2. The standard InChI is InChI=1S/C18H23Cl2N3O2/c19-14-6-7-15(20)22-16(14)17(24)21-13-8-10-23(11-9-13)18(25)12-4-2-1-3-5-12/h6-7,12-13H,1-5,8-11H2,(H,21,24). The highest BCUT2D eigenvalue weighted by Crippen LogP contribution is 2.26. The van der Waals surface area contributed by atoms with Crippen LogP contribution in [0.4, 0.5) is 0 Å². The number of aromatic nitrogens is 1. The summed E-state index contributed by atoms with van der Waals surface area (Å²) in [4.78, 5) is 30.9. The molecule has 5 nitrogen and oxygen atoms in total. The highest BCUT2D eigenvalue weighted by atomic mass is 35.5. The van der Waals surface area contributed by atoms with E-state index < -0.39 is 0 Å². The van der Waals surface area contributed by atoms with Gasteiger partial charge < -0.3 is 10.2 Å². The number of hydrogen-bond acceptors (Lipinski definition) is 3. The predicted octanol–water partition coefficient (Wildman–Crippen LogP) is 3.69. The molecule has 2 aliphatic rings. The molecule has 1 saturated carbocycles. The molecule has 0 spiro atoms. The first-order valence-electron chi connectivity index (χ1n) is 8.96. The number of pyridine rings is 1. The third kappa shape index (κ3) is 4.64. The van der Waals surface area contributed by atoms with Crippen LogP contribution in [0.15, 0.2) is 12.1 Å². The van der Waals surface area contributed by atoms with Gasteiger partial charge in [0.15, 0.2) is 0 Å². The smallest absolute Gasteiger partial charge is 0.271 e. The molecule has 0 unspecified atom stereocenters. The van der Waals surface area contributed by atoms with Gasteiger partial charge in [0.2, 0.25) is 5.91 Å². The molecule has 1 aromatic heterocycles. The Balaban J connectivity index is 1.51. The van der Waals surface area contributed by atoms with Gasteiger partial charge in [0, 0.05) is 25.0 Å². The molecule has 0 aromatic carbocycles. The fourth-order valence-corrected chi connectivity index (χ4v) is 4.02. The van der Waals surface area contributed by atoms with Gasteiger partial charge in [-0.1, -0.05) is 42.5 Å². The maximum atomic E-state index is 12.6. The van der Waals surface area contributed by atoms with E-state index in [1.165, 1.54) is 6.42 Å². The van der Waals surface area contributed by atoms with E-state index in [0.29, 0.717) is 19.0 Å². The van der Waals surface area contributed by atoms with Crippen molar-refractivity contribution in [2.75, 3.05) is 13.1 Å². The molecule has 1 aliphatic heterocycles. The molecule has 2 amide bonds. The van der Waals surface area contributed by atoms with Gasteiger partial charge in [-0.15, -0.1) is 0 Å². The second kappa shape index (κ2) is 8.37. The number of nitrogens with zero attached hydrogens (tertiary/aromatic N) is 2. The number of halogens is 2. The maximum Gasteiger partial charge on any atom is 0.271 e. The first-order valence-corrected chi connectivity index (χ1v) is 9.72. The van der Waals surface area contributed by atoms with Gasteiger partial charge in [-0.05, 0) is 37.8 Å². The largest absolute Gasteiger partial charge is 0.348 e. The van der Waals surface area contributed by atoms with Crippen LogP contribution in [0, 0.1) is 5.92 Å². The Hall–Kier alpha value is -1.33. The molecule has 2 heterocycles. The highest BCUT2D eigenvalue weighted by Gasteiger charge is 2.30. The summed E-state index contributed by atoms with van der Waals surface area (Å²) in [6, 6.07) is 3.15. The molecule has 0 radical (unpaired) electrons. The molecule has 2 fully saturated rings. The van der Waals surface area contributed by atoms with E-state index in [4.69, 9.17) is 23.2 Å². The molecule has 3 rings (SSSR count). The Labute approximate surface area is 158 Å². The topological polar surface area (TPSA) is 62.3 Å². The predicted molar refractivity (Wildman–Crippen MR) is 97.9 cm³/mol. The third-order valence-corrected chi connectivity index (χ3v) is 5.64. The molecule has 0 bridgehead atoms. The molecular formula is C18H23Cl2N3O2. The Bertz CT molecular complexity index is 639. The maximum absolute atomic E-state index is 12.6. The molecular weight excluding hydrogens is 361 g/mol. The molecule has 7 heteroatoms. The Morgan fingerprint density at radius 3 is 2.40 bits per heavy atom. The van der Waals surface area contributed by atoms with E-state index in [1.807, 2.05) is 4.90 Å². The fourth-order valence-electron chi connectivity index (χ4n) is 3.68. The van der Waals surface area contributed by atoms with E-state index in [1.54, 1.807) is 12.1 Å². The normalized spacial score (nSPS) is 19.7. The van der Waals surface area contributed by atoms with Crippen LogP contribution in [0.3, 0.4) is 0 Å². The Morgan fingerprint density at radius 2 is 1.72 bits per heavy atom. The molecule has 1 N–H and O–H groups in total. The van der Waals surface area contributed by atoms with Gasteiger partial charge in [-0.2, -0.15) is 0 Å². The van der Waals surface area contributed by atoms with Gasteiger partial charge in [-0.3, -0.25) is 9.59 Å². The second-order valence-corrected chi connectivity index (χ2v) is 7.67. The van der Waals surface area contributed by atoms with Gasteiger partial charge in [0.05, 0.1) is 5.02 Å². The van der Waals surface area contributed by atoms with E-state index in [2.05, 4.69) is 10.3 Å². The first kappa shape index (κ1) is 18.5.